The molecule has 0 saturated carbocycles. The van der Waals surface area contributed by atoms with Crippen LogP contribution in [0.5, 0.6) is 0 Å². The molecule has 0 unspecified atom stereocenters. The number of rotatable bonds is 0. The molecule has 0 aliphatic rings. The standard InChI is InChI=1S/BrH.ClH.Cr.Cu/h2*1H;;/q;;+2;+1/p-2. The van der Waals surface area contributed by atoms with E-state index in [4.69, 9.17) is 0 Å². The van der Waals surface area contributed by atoms with Crippen LogP contribution < -0.4 is 29.4 Å². The van der Waals surface area contributed by atoms with E-state index in [9.17, 15) is 0 Å². The topological polar surface area (TPSA) is 0 Å². The van der Waals surface area contributed by atoms with Gasteiger partial charge in [-0.05, 0) is 0 Å². The van der Waals surface area contributed by atoms with Crippen LogP contribution >= 0.6 is 0 Å². The first kappa shape index (κ1) is 40.8. The Morgan fingerprint density at radius 3 is 1.00 bits per heavy atom. The summed E-state index contributed by atoms with van der Waals surface area (Å²) >= 11 is 0. The van der Waals surface area contributed by atoms with E-state index < -0.39 is 0 Å². The maximum Gasteiger partial charge on any atom is 2.00 e. The Labute approximate surface area is 63.5 Å². The van der Waals surface area contributed by atoms with Gasteiger partial charge in [-0.25, -0.2) is 0 Å². The third-order valence-corrected chi connectivity index (χ3v) is 0. The summed E-state index contributed by atoms with van der Waals surface area (Å²) in [4.78, 5) is 0. The summed E-state index contributed by atoms with van der Waals surface area (Å²) in [7, 11) is 0. The molecule has 4 heavy (non-hydrogen) atoms. The summed E-state index contributed by atoms with van der Waals surface area (Å²) < 4.78 is 0. The second-order valence-corrected chi connectivity index (χ2v) is 0. The zero-order valence-corrected chi connectivity index (χ0v) is 6.02. The van der Waals surface area contributed by atoms with E-state index in [0.717, 1.165) is 0 Å². The predicted molar refractivity (Wildman–Crippen MR) is 0 cm³/mol. The van der Waals surface area contributed by atoms with Crippen LogP contribution in [0.2, 0.25) is 0 Å². The minimum absolute atomic E-state index is 0. The average Bonchev–Trinajstić information content (AvgIpc) is 0. The molecule has 0 spiro atoms. The Hall–Kier alpha value is 1.82. The van der Waals surface area contributed by atoms with E-state index in [1.807, 2.05) is 0 Å². The van der Waals surface area contributed by atoms with Gasteiger partial charge in [-0.15, -0.1) is 0 Å². The van der Waals surface area contributed by atoms with Gasteiger partial charge in [0.1, 0.15) is 0 Å². The molecule has 0 heterocycles. The number of halogens is 2. The maximum absolute atomic E-state index is 0. The summed E-state index contributed by atoms with van der Waals surface area (Å²) in [5.41, 5.74) is 0. The second kappa shape index (κ2) is 21.2. The SMILES string of the molecule is [Br-].[Cl-].[Cr+2].[Cu+]. The van der Waals surface area contributed by atoms with Crippen molar-refractivity contribution in [1.29, 1.82) is 0 Å². The van der Waals surface area contributed by atoms with Crippen LogP contribution in [0.4, 0.5) is 0 Å². The number of hydrogen-bond donors (Lipinski definition) is 0. The predicted octanol–water partition coefficient (Wildman–Crippen LogP) is -6.00. The summed E-state index contributed by atoms with van der Waals surface area (Å²) in [5.74, 6) is 0. The van der Waals surface area contributed by atoms with Crippen LogP contribution in [0.3, 0.4) is 0 Å². The Kier molecular flexibility index (Phi) is 216. The first-order valence-corrected chi connectivity index (χ1v) is 0. The molecule has 0 bridgehead atoms. The van der Waals surface area contributed by atoms with E-state index >= 15 is 0 Å². The van der Waals surface area contributed by atoms with Crippen molar-refractivity contribution in [2.45, 2.75) is 0 Å². The summed E-state index contributed by atoms with van der Waals surface area (Å²) in [6, 6.07) is 0. The Bertz CT molecular complexity index is 8.00. The van der Waals surface area contributed by atoms with Gasteiger partial charge >= 0.3 is 34.4 Å². The van der Waals surface area contributed by atoms with Gasteiger partial charge < -0.3 is 29.4 Å². The van der Waals surface area contributed by atoms with Crippen molar-refractivity contribution in [1.82, 2.24) is 0 Å². The molecule has 4 heteroatoms. The molecule has 0 nitrogen and oxygen atoms in total. The molecule has 0 atom stereocenters. The third kappa shape index (κ3) is 9.17. The van der Waals surface area contributed by atoms with Gasteiger partial charge in [-0.1, -0.05) is 0 Å². The fourth-order valence-corrected chi connectivity index (χ4v) is 0. The fraction of sp³-hybridized carbons (Fsp3) is 0. The molecule has 0 amide bonds. The van der Waals surface area contributed by atoms with Crippen molar-refractivity contribution >= 4 is 0 Å². The molecule has 0 fully saturated rings. The molecule has 0 rings (SSSR count). The molecule has 0 N–H and O–H groups in total. The molecule has 0 saturated heterocycles. The molecule has 0 aromatic carbocycles. The van der Waals surface area contributed by atoms with Crippen LogP contribution in [-0.2, 0) is 34.4 Å². The molecular formula is BrClCrCu+. The Morgan fingerprint density at radius 1 is 1.00 bits per heavy atom. The van der Waals surface area contributed by atoms with Crippen molar-refractivity contribution < 1.29 is 63.8 Å². The second-order valence-electron chi connectivity index (χ2n) is 0. The zero-order chi connectivity index (χ0) is 0. The zero-order valence-electron chi connectivity index (χ0n) is 1.47. The van der Waals surface area contributed by atoms with E-state index in [2.05, 4.69) is 0 Å². The normalized spacial score (nSPS) is 0. The molecule has 30 valence electrons. The minimum Gasteiger partial charge on any atom is -1.00 e. The van der Waals surface area contributed by atoms with E-state index in [1.54, 1.807) is 0 Å². The quantitative estimate of drug-likeness (QED) is 0.364. The van der Waals surface area contributed by atoms with Gasteiger partial charge in [0.05, 0.1) is 0 Å². The minimum atomic E-state index is 0. The van der Waals surface area contributed by atoms with Crippen LogP contribution in [0.25, 0.3) is 0 Å². The maximum atomic E-state index is 0. The Balaban J connectivity index is 0. The first-order valence-electron chi connectivity index (χ1n) is 0. The van der Waals surface area contributed by atoms with E-state index in [1.165, 1.54) is 0 Å². The van der Waals surface area contributed by atoms with E-state index in [0.29, 0.717) is 0 Å². The molecule has 0 aliphatic heterocycles. The van der Waals surface area contributed by atoms with Crippen LogP contribution in [0.1, 0.15) is 0 Å². The van der Waals surface area contributed by atoms with Crippen molar-refractivity contribution in [3.63, 3.8) is 0 Å². The van der Waals surface area contributed by atoms with Gasteiger partial charge in [-0.3, -0.25) is 0 Å². The summed E-state index contributed by atoms with van der Waals surface area (Å²) in [5, 5.41) is 0. The van der Waals surface area contributed by atoms with Crippen molar-refractivity contribution in [3.05, 3.63) is 0 Å². The van der Waals surface area contributed by atoms with E-state index in [-0.39, 0.29) is 63.8 Å². The van der Waals surface area contributed by atoms with Crippen LogP contribution in [0, 0.1) is 0 Å². The van der Waals surface area contributed by atoms with Gasteiger partial charge in [-0.2, -0.15) is 0 Å². The molecule has 0 aliphatic carbocycles. The fourth-order valence-electron chi connectivity index (χ4n) is 0. The monoisotopic (exact) mass is 229 g/mol. The largest absolute Gasteiger partial charge is 2.00 e. The molecule has 0 aromatic rings. The Morgan fingerprint density at radius 2 is 1.00 bits per heavy atom. The van der Waals surface area contributed by atoms with Gasteiger partial charge in [0.2, 0.25) is 0 Å². The number of hydrogen-bond acceptors (Lipinski definition) is 0. The third-order valence-electron chi connectivity index (χ3n) is 0. The average molecular weight is 231 g/mol. The van der Waals surface area contributed by atoms with Gasteiger partial charge in [0.25, 0.3) is 0 Å². The van der Waals surface area contributed by atoms with Gasteiger partial charge in [0.15, 0.2) is 0 Å². The van der Waals surface area contributed by atoms with Crippen LogP contribution in [-0.4, -0.2) is 0 Å². The van der Waals surface area contributed by atoms with Crippen molar-refractivity contribution in [3.8, 4) is 0 Å². The van der Waals surface area contributed by atoms with Gasteiger partial charge in [0, 0.05) is 0 Å². The summed E-state index contributed by atoms with van der Waals surface area (Å²) in [6.45, 7) is 0. The summed E-state index contributed by atoms with van der Waals surface area (Å²) in [6.07, 6.45) is 0. The molecular weight excluding hydrogens is 231 g/mol. The first-order chi connectivity index (χ1) is 0. The van der Waals surface area contributed by atoms with Crippen molar-refractivity contribution in [2.75, 3.05) is 0 Å². The molecule has 0 radical (unpaired) electrons. The smallest absolute Gasteiger partial charge is 1.00 e. The molecule has 0 aromatic heterocycles. The van der Waals surface area contributed by atoms with Crippen molar-refractivity contribution in [2.24, 2.45) is 0 Å². The van der Waals surface area contributed by atoms with Crippen LogP contribution in [0.15, 0.2) is 0 Å².